The first-order valence-electron chi connectivity index (χ1n) is 8.90. The van der Waals surface area contributed by atoms with E-state index in [4.69, 9.17) is 4.74 Å². The molecule has 1 saturated heterocycles. The number of ether oxygens (including phenoxy) is 1. The first kappa shape index (κ1) is 17.5. The van der Waals surface area contributed by atoms with Gasteiger partial charge in [-0.2, -0.15) is 0 Å². The quantitative estimate of drug-likeness (QED) is 0.837. The van der Waals surface area contributed by atoms with Gasteiger partial charge in [-0.25, -0.2) is 9.97 Å². The van der Waals surface area contributed by atoms with Crippen LogP contribution in [0.2, 0.25) is 0 Å². The summed E-state index contributed by atoms with van der Waals surface area (Å²) in [5.41, 5.74) is 2.45. The molecule has 1 aromatic carbocycles. The molecule has 3 rings (SSSR count). The molecule has 1 fully saturated rings. The number of carbonyl (C=O) groups excluding carboxylic acids is 1. The monoisotopic (exact) mass is 339 g/mol. The highest BCUT2D eigenvalue weighted by Gasteiger charge is 2.25. The van der Waals surface area contributed by atoms with Gasteiger partial charge >= 0.3 is 0 Å². The van der Waals surface area contributed by atoms with E-state index in [9.17, 15) is 4.79 Å². The zero-order valence-corrected chi connectivity index (χ0v) is 14.9. The Bertz CT molecular complexity index is 695. The maximum Gasteiger partial charge on any atom is 0.254 e. The van der Waals surface area contributed by atoms with Gasteiger partial charge in [0.2, 0.25) is 0 Å². The molecule has 5 nitrogen and oxygen atoms in total. The number of hydrogen-bond donors (Lipinski definition) is 0. The average molecular weight is 339 g/mol. The minimum absolute atomic E-state index is 0.0711. The Hall–Kier alpha value is -2.27. The van der Waals surface area contributed by atoms with Gasteiger partial charge in [0, 0.05) is 43.2 Å². The lowest BCUT2D eigenvalue weighted by Crippen LogP contribution is -2.41. The fraction of sp³-hybridized carbons (Fsp3) is 0.450. The van der Waals surface area contributed by atoms with Crippen LogP contribution in [0.4, 0.5) is 0 Å². The second-order valence-electron chi connectivity index (χ2n) is 6.89. The standard InChI is InChI=1S/C20H25N3O2/c1-15(2)13-25-17-7-9-23(10-8-17)20(24)19-6-4-3-5-18(19)16-11-21-14-22-12-16/h3-6,11-12,14-15,17H,7-10,13H2,1-2H3. The molecule has 1 amide bonds. The lowest BCUT2D eigenvalue weighted by Gasteiger charge is -2.32. The van der Waals surface area contributed by atoms with Gasteiger partial charge in [0.05, 0.1) is 6.10 Å². The van der Waals surface area contributed by atoms with Crippen molar-refractivity contribution >= 4 is 5.91 Å². The van der Waals surface area contributed by atoms with Crippen LogP contribution in [0, 0.1) is 5.92 Å². The van der Waals surface area contributed by atoms with Crippen LogP contribution < -0.4 is 0 Å². The molecule has 0 unspecified atom stereocenters. The number of rotatable bonds is 5. The molecule has 2 heterocycles. The third kappa shape index (κ3) is 4.42. The lowest BCUT2D eigenvalue weighted by molar-refractivity contribution is -0.00229. The smallest absolute Gasteiger partial charge is 0.254 e. The van der Waals surface area contributed by atoms with E-state index < -0.39 is 0 Å². The molecule has 1 aliphatic heterocycles. The number of amides is 1. The molecule has 5 heteroatoms. The topological polar surface area (TPSA) is 55.3 Å². The predicted octanol–water partition coefficient (Wildman–Crippen LogP) is 3.42. The van der Waals surface area contributed by atoms with Crippen LogP contribution in [-0.4, -0.2) is 46.6 Å². The molecular weight excluding hydrogens is 314 g/mol. The van der Waals surface area contributed by atoms with Crippen molar-refractivity contribution in [2.45, 2.75) is 32.8 Å². The molecule has 132 valence electrons. The van der Waals surface area contributed by atoms with Crippen molar-refractivity contribution in [3.8, 4) is 11.1 Å². The molecule has 0 N–H and O–H groups in total. The van der Waals surface area contributed by atoms with E-state index in [0.717, 1.165) is 43.7 Å². The first-order chi connectivity index (χ1) is 12.1. The maximum absolute atomic E-state index is 13.0. The van der Waals surface area contributed by atoms with Crippen LogP contribution in [0.15, 0.2) is 43.0 Å². The number of piperidine rings is 1. The van der Waals surface area contributed by atoms with Crippen molar-refractivity contribution in [2.24, 2.45) is 5.92 Å². The van der Waals surface area contributed by atoms with Gasteiger partial charge in [0.15, 0.2) is 0 Å². The lowest BCUT2D eigenvalue weighted by atomic mass is 9.99. The molecule has 0 aliphatic carbocycles. The fourth-order valence-electron chi connectivity index (χ4n) is 3.08. The molecule has 0 bridgehead atoms. The molecule has 0 radical (unpaired) electrons. The van der Waals surface area contributed by atoms with E-state index >= 15 is 0 Å². The highest BCUT2D eigenvalue weighted by atomic mass is 16.5. The highest BCUT2D eigenvalue weighted by molar-refractivity contribution is 6.00. The molecule has 1 aliphatic rings. The zero-order valence-electron chi connectivity index (χ0n) is 14.9. The summed E-state index contributed by atoms with van der Waals surface area (Å²) >= 11 is 0. The largest absolute Gasteiger partial charge is 0.378 e. The number of nitrogens with zero attached hydrogens (tertiary/aromatic N) is 3. The maximum atomic E-state index is 13.0. The fourth-order valence-corrected chi connectivity index (χ4v) is 3.08. The van der Waals surface area contributed by atoms with E-state index in [0.29, 0.717) is 11.5 Å². The second kappa shape index (κ2) is 8.21. The van der Waals surface area contributed by atoms with Crippen LogP contribution in [0.1, 0.15) is 37.0 Å². The number of hydrogen-bond acceptors (Lipinski definition) is 4. The summed E-state index contributed by atoms with van der Waals surface area (Å²) in [6, 6.07) is 7.67. The van der Waals surface area contributed by atoms with Crippen molar-refractivity contribution in [2.75, 3.05) is 19.7 Å². The summed E-state index contributed by atoms with van der Waals surface area (Å²) in [6.45, 7) is 6.57. The Balaban J connectivity index is 1.69. The van der Waals surface area contributed by atoms with Gasteiger partial charge in [-0.05, 0) is 30.4 Å². The van der Waals surface area contributed by atoms with E-state index in [-0.39, 0.29) is 12.0 Å². The Morgan fingerprint density at radius 1 is 1.20 bits per heavy atom. The van der Waals surface area contributed by atoms with Crippen molar-refractivity contribution < 1.29 is 9.53 Å². The summed E-state index contributed by atoms with van der Waals surface area (Å²) in [6.07, 6.45) is 7.04. The van der Waals surface area contributed by atoms with Crippen molar-refractivity contribution in [1.29, 1.82) is 0 Å². The van der Waals surface area contributed by atoms with Crippen LogP contribution in [0.5, 0.6) is 0 Å². The third-order valence-electron chi connectivity index (χ3n) is 4.42. The summed E-state index contributed by atoms with van der Waals surface area (Å²) in [4.78, 5) is 23.1. The normalized spacial score (nSPS) is 15.6. The first-order valence-corrected chi connectivity index (χ1v) is 8.90. The Morgan fingerprint density at radius 2 is 1.88 bits per heavy atom. The van der Waals surface area contributed by atoms with Crippen LogP contribution in [0.25, 0.3) is 11.1 Å². The summed E-state index contributed by atoms with van der Waals surface area (Å²) in [7, 11) is 0. The Kier molecular flexibility index (Phi) is 5.76. The third-order valence-corrected chi connectivity index (χ3v) is 4.42. The number of benzene rings is 1. The van der Waals surface area contributed by atoms with Gasteiger partial charge in [-0.15, -0.1) is 0 Å². The molecule has 0 atom stereocenters. The van der Waals surface area contributed by atoms with Gasteiger partial charge in [0.1, 0.15) is 6.33 Å². The van der Waals surface area contributed by atoms with Crippen molar-refractivity contribution in [3.63, 3.8) is 0 Å². The summed E-state index contributed by atoms with van der Waals surface area (Å²) in [5.74, 6) is 0.612. The number of likely N-dealkylation sites (tertiary alicyclic amines) is 1. The molecule has 25 heavy (non-hydrogen) atoms. The minimum atomic E-state index is 0.0711. The van der Waals surface area contributed by atoms with Gasteiger partial charge in [-0.3, -0.25) is 4.79 Å². The molecule has 2 aromatic rings. The summed E-state index contributed by atoms with van der Waals surface area (Å²) < 4.78 is 5.92. The SMILES string of the molecule is CC(C)COC1CCN(C(=O)c2ccccc2-c2cncnc2)CC1. The van der Waals surface area contributed by atoms with Crippen LogP contribution >= 0.6 is 0 Å². The Labute approximate surface area is 149 Å². The number of carbonyl (C=O) groups is 1. The molecule has 0 spiro atoms. The number of aromatic nitrogens is 2. The van der Waals surface area contributed by atoms with Crippen molar-refractivity contribution in [1.82, 2.24) is 14.9 Å². The van der Waals surface area contributed by atoms with E-state index in [1.54, 1.807) is 12.4 Å². The van der Waals surface area contributed by atoms with E-state index in [2.05, 4.69) is 23.8 Å². The van der Waals surface area contributed by atoms with Crippen LogP contribution in [-0.2, 0) is 4.74 Å². The average Bonchev–Trinajstić information content (AvgIpc) is 2.67. The molecular formula is C20H25N3O2. The predicted molar refractivity (Wildman–Crippen MR) is 97.2 cm³/mol. The van der Waals surface area contributed by atoms with Gasteiger partial charge in [0.25, 0.3) is 5.91 Å². The van der Waals surface area contributed by atoms with E-state index in [1.165, 1.54) is 6.33 Å². The van der Waals surface area contributed by atoms with Gasteiger partial charge < -0.3 is 9.64 Å². The summed E-state index contributed by atoms with van der Waals surface area (Å²) in [5, 5.41) is 0. The Morgan fingerprint density at radius 3 is 2.56 bits per heavy atom. The highest BCUT2D eigenvalue weighted by Crippen LogP contribution is 2.25. The zero-order chi connectivity index (χ0) is 17.6. The second-order valence-corrected chi connectivity index (χ2v) is 6.89. The van der Waals surface area contributed by atoms with Gasteiger partial charge in [-0.1, -0.05) is 32.0 Å². The minimum Gasteiger partial charge on any atom is -0.378 e. The molecule has 0 saturated carbocycles. The van der Waals surface area contributed by atoms with Crippen LogP contribution in [0.3, 0.4) is 0 Å². The van der Waals surface area contributed by atoms with Crippen molar-refractivity contribution in [3.05, 3.63) is 48.5 Å². The van der Waals surface area contributed by atoms with E-state index in [1.807, 2.05) is 29.2 Å². The molecule has 1 aromatic heterocycles.